The van der Waals surface area contributed by atoms with E-state index in [2.05, 4.69) is 6.07 Å². The predicted molar refractivity (Wildman–Crippen MR) is 50.0 cm³/mol. The number of rotatable bonds is 1. The standard InChI is InChI=1S/C11H10N2/c1-8(2)11-4-3-9(6-12)5-10(11)7-13/h3-5,8H,1-2H3. The Kier molecular flexibility index (Phi) is 2.67. The highest BCUT2D eigenvalue weighted by Gasteiger charge is 2.06. The smallest absolute Gasteiger partial charge is 0.0995 e. The van der Waals surface area contributed by atoms with Crippen molar-refractivity contribution in [3.8, 4) is 12.1 Å². The van der Waals surface area contributed by atoms with Gasteiger partial charge in [0.15, 0.2) is 0 Å². The lowest BCUT2D eigenvalue weighted by molar-refractivity contribution is 0.862. The average molecular weight is 170 g/mol. The lowest BCUT2D eigenvalue weighted by Crippen LogP contribution is -1.93. The van der Waals surface area contributed by atoms with Crippen LogP contribution in [0.5, 0.6) is 0 Å². The number of hydrogen-bond donors (Lipinski definition) is 0. The molecule has 0 unspecified atom stereocenters. The van der Waals surface area contributed by atoms with E-state index in [0.29, 0.717) is 17.0 Å². The zero-order valence-electron chi connectivity index (χ0n) is 7.70. The van der Waals surface area contributed by atoms with Gasteiger partial charge in [-0.05, 0) is 23.6 Å². The van der Waals surface area contributed by atoms with E-state index < -0.39 is 0 Å². The zero-order chi connectivity index (χ0) is 9.84. The Labute approximate surface area is 78.0 Å². The molecular weight excluding hydrogens is 160 g/mol. The van der Waals surface area contributed by atoms with Gasteiger partial charge in [-0.25, -0.2) is 0 Å². The second-order valence-electron chi connectivity index (χ2n) is 3.18. The second-order valence-corrected chi connectivity index (χ2v) is 3.18. The first-order valence-corrected chi connectivity index (χ1v) is 4.13. The van der Waals surface area contributed by atoms with Crippen LogP contribution in [-0.2, 0) is 0 Å². The zero-order valence-corrected chi connectivity index (χ0v) is 7.70. The fraction of sp³-hybridized carbons (Fsp3) is 0.273. The average Bonchev–Trinajstić information content (AvgIpc) is 2.16. The van der Waals surface area contributed by atoms with Crippen LogP contribution in [0.3, 0.4) is 0 Å². The second kappa shape index (κ2) is 3.74. The molecule has 1 aromatic rings. The van der Waals surface area contributed by atoms with Gasteiger partial charge in [-0.2, -0.15) is 10.5 Å². The molecule has 0 aliphatic carbocycles. The summed E-state index contributed by atoms with van der Waals surface area (Å²) in [5, 5.41) is 17.5. The molecule has 1 aromatic carbocycles. The van der Waals surface area contributed by atoms with Crippen LogP contribution in [0.25, 0.3) is 0 Å². The van der Waals surface area contributed by atoms with E-state index in [1.165, 1.54) is 0 Å². The van der Waals surface area contributed by atoms with Crippen LogP contribution in [0.15, 0.2) is 18.2 Å². The Bertz CT molecular complexity index is 392. The lowest BCUT2D eigenvalue weighted by atomic mass is 9.96. The van der Waals surface area contributed by atoms with Gasteiger partial charge in [0.1, 0.15) is 0 Å². The van der Waals surface area contributed by atoms with Crippen LogP contribution in [0, 0.1) is 22.7 Å². The normalized spacial score (nSPS) is 9.31. The van der Waals surface area contributed by atoms with E-state index in [1.54, 1.807) is 12.1 Å². The SMILES string of the molecule is CC(C)c1ccc(C#N)cc1C#N. The number of hydrogen-bond acceptors (Lipinski definition) is 2. The van der Waals surface area contributed by atoms with Gasteiger partial charge in [0.2, 0.25) is 0 Å². The molecule has 0 aromatic heterocycles. The molecule has 64 valence electrons. The Balaban J connectivity index is 3.28. The Morgan fingerprint density at radius 2 is 1.85 bits per heavy atom. The molecule has 0 saturated heterocycles. The number of benzene rings is 1. The Hall–Kier alpha value is -1.80. The van der Waals surface area contributed by atoms with Crippen molar-refractivity contribution in [2.45, 2.75) is 19.8 Å². The molecule has 0 radical (unpaired) electrons. The van der Waals surface area contributed by atoms with Crippen molar-refractivity contribution >= 4 is 0 Å². The summed E-state index contributed by atoms with van der Waals surface area (Å²) in [4.78, 5) is 0. The highest BCUT2D eigenvalue weighted by atomic mass is 14.3. The lowest BCUT2D eigenvalue weighted by Gasteiger charge is -2.06. The summed E-state index contributed by atoms with van der Waals surface area (Å²) in [6.45, 7) is 4.06. The van der Waals surface area contributed by atoms with Gasteiger partial charge < -0.3 is 0 Å². The third-order valence-electron chi connectivity index (χ3n) is 1.92. The van der Waals surface area contributed by atoms with Crippen molar-refractivity contribution in [1.29, 1.82) is 10.5 Å². The van der Waals surface area contributed by atoms with Crippen molar-refractivity contribution in [3.05, 3.63) is 34.9 Å². The summed E-state index contributed by atoms with van der Waals surface area (Å²) in [6, 6.07) is 9.35. The van der Waals surface area contributed by atoms with Gasteiger partial charge in [0.25, 0.3) is 0 Å². The summed E-state index contributed by atoms with van der Waals surface area (Å²) in [6.07, 6.45) is 0. The molecule has 1 rings (SSSR count). The molecule has 0 atom stereocenters. The molecule has 0 fully saturated rings. The van der Waals surface area contributed by atoms with Crippen molar-refractivity contribution in [2.75, 3.05) is 0 Å². The third kappa shape index (κ3) is 1.86. The van der Waals surface area contributed by atoms with Crippen LogP contribution in [0.2, 0.25) is 0 Å². The highest BCUT2D eigenvalue weighted by Crippen LogP contribution is 2.19. The van der Waals surface area contributed by atoms with Crippen LogP contribution in [-0.4, -0.2) is 0 Å². The maximum Gasteiger partial charge on any atom is 0.0995 e. The van der Waals surface area contributed by atoms with Crippen LogP contribution in [0.1, 0.15) is 36.5 Å². The van der Waals surface area contributed by atoms with E-state index in [0.717, 1.165) is 5.56 Å². The summed E-state index contributed by atoms with van der Waals surface area (Å²) in [7, 11) is 0. The quantitative estimate of drug-likeness (QED) is 0.650. The van der Waals surface area contributed by atoms with E-state index in [1.807, 2.05) is 26.0 Å². The summed E-state index contributed by atoms with van der Waals surface area (Å²) in [5.74, 6) is 0.322. The largest absolute Gasteiger partial charge is 0.192 e. The van der Waals surface area contributed by atoms with Crippen molar-refractivity contribution in [1.82, 2.24) is 0 Å². The van der Waals surface area contributed by atoms with E-state index in [9.17, 15) is 0 Å². The van der Waals surface area contributed by atoms with Crippen LogP contribution < -0.4 is 0 Å². The fourth-order valence-corrected chi connectivity index (χ4v) is 1.23. The summed E-state index contributed by atoms with van der Waals surface area (Å²) in [5.41, 5.74) is 2.15. The maximum atomic E-state index is 8.83. The molecule has 0 heterocycles. The minimum atomic E-state index is 0.322. The van der Waals surface area contributed by atoms with Crippen LogP contribution in [0.4, 0.5) is 0 Å². The molecule has 0 bridgehead atoms. The molecule has 2 nitrogen and oxygen atoms in total. The van der Waals surface area contributed by atoms with E-state index in [-0.39, 0.29) is 0 Å². The maximum absolute atomic E-state index is 8.83. The fourth-order valence-electron chi connectivity index (χ4n) is 1.23. The molecule has 2 heteroatoms. The van der Waals surface area contributed by atoms with Crippen molar-refractivity contribution < 1.29 is 0 Å². The van der Waals surface area contributed by atoms with E-state index >= 15 is 0 Å². The van der Waals surface area contributed by atoms with Gasteiger partial charge >= 0.3 is 0 Å². The van der Waals surface area contributed by atoms with Gasteiger partial charge in [-0.3, -0.25) is 0 Å². The first kappa shape index (κ1) is 9.29. The molecule has 0 aliphatic rings. The molecule has 0 amide bonds. The predicted octanol–water partition coefficient (Wildman–Crippen LogP) is 2.55. The molecule has 0 spiro atoms. The number of nitrogens with zero attached hydrogens (tertiary/aromatic N) is 2. The minimum Gasteiger partial charge on any atom is -0.192 e. The monoisotopic (exact) mass is 170 g/mol. The summed E-state index contributed by atoms with van der Waals surface area (Å²) < 4.78 is 0. The van der Waals surface area contributed by atoms with E-state index in [4.69, 9.17) is 10.5 Å². The molecule has 0 N–H and O–H groups in total. The topological polar surface area (TPSA) is 47.6 Å². The third-order valence-corrected chi connectivity index (χ3v) is 1.92. The first-order chi connectivity index (χ1) is 6.19. The summed E-state index contributed by atoms with van der Waals surface area (Å²) >= 11 is 0. The van der Waals surface area contributed by atoms with Gasteiger partial charge in [0, 0.05) is 0 Å². The van der Waals surface area contributed by atoms with Gasteiger partial charge in [0.05, 0.1) is 23.3 Å². The minimum absolute atomic E-state index is 0.322. The molecule has 13 heavy (non-hydrogen) atoms. The molecular formula is C11H10N2. The Morgan fingerprint density at radius 1 is 1.15 bits per heavy atom. The van der Waals surface area contributed by atoms with Crippen molar-refractivity contribution in [3.63, 3.8) is 0 Å². The van der Waals surface area contributed by atoms with Gasteiger partial charge in [-0.15, -0.1) is 0 Å². The Morgan fingerprint density at radius 3 is 2.31 bits per heavy atom. The highest BCUT2D eigenvalue weighted by molar-refractivity contribution is 5.45. The van der Waals surface area contributed by atoms with Gasteiger partial charge in [-0.1, -0.05) is 19.9 Å². The molecule has 0 saturated carbocycles. The van der Waals surface area contributed by atoms with Crippen LogP contribution >= 0.6 is 0 Å². The number of nitriles is 2. The van der Waals surface area contributed by atoms with Crippen molar-refractivity contribution in [2.24, 2.45) is 0 Å². The first-order valence-electron chi connectivity index (χ1n) is 4.13. The molecule has 0 aliphatic heterocycles.